The molecule has 2 heterocycles. The molecular weight excluding hydrogens is 260 g/mol. The fourth-order valence-corrected chi connectivity index (χ4v) is 2.19. The average molecular weight is 270 g/mol. The number of aromatic nitrogens is 1. The van der Waals surface area contributed by atoms with E-state index in [1.807, 2.05) is 0 Å². The van der Waals surface area contributed by atoms with E-state index >= 15 is 0 Å². The van der Waals surface area contributed by atoms with Crippen molar-refractivity contribution in [3.8, 4) is 11.3 Å². The second-order valence-corrected chi connectivity index (χ2v) is 4.41. The van der Waals surface area contributed by atoms with Gasteiger partial charge < -0.3 is 9.62 Å². The summed E-state index contributed by atoms with van der Waals surface area (Å²) in [4.78, 5) is 10.1. The van der Waals surface area contributed by atoms with Crippen LogP contribution in [0.3, 0.4) is 0 Å². The van der Waals surface area contributed by atoms with Crippen LogP contribution < -0.4 is 4.73 Å². The molecule has 3 aromatic rings. The molecule has 3 rings (SSSR count). The van der Waals surface area contributed by atoms with Crippen LogP contribution >= 0.6 is 0 Å². The molecule has 0 aliphatic heterocycles. The quantitative estimate of drug-likeness (QED) is 0.310. The third-order valence-corrected chi connectivity index (χ3v) is 3.12. The number of nitrogens with zero attached hydrogens (tertiary/aromatic N) is 2. The van der Waals surface area contributed by atoms with Crippen LogP contribution in [-0.2, 0) is 0 Å². The van der Waals surface area contributed by atoms with E-state index in [1.54, 1.807) is 37.3 Å². The molecule has 2 aromatic heterocycles. The first kappa shape index (κ1) is 12.2. The topological polar surface area (TPSA) is 83.2 Å². The molecule has 100 valence electrons. The van der Waals surface area contributed by atoms with Gasteiger partial charge in [-0.2, -0.15) is 4.73 Å². The van der Waals surface area contributed by atoms with Gasteiger partial charge in [-0.1, -0.05) is 12.1 Å². The summed E-state index contributed by atoms with van der Waals surface area (Å²) in [6.45, 7) is 1.68. The van der Waals surface area contributed by atoms with Crippen molar-refractivity contribution in [1.29, 1.82) is 0 Å². The van der Waals surface area contributed by atoms with Crippen molar-refractivity contribution in [2.24, 2.45) is 0 Å². The number of aryl methyl sites for hydroxylation is 1. The van der Waals surface area contributed by atoms with Gasteiger partial charge in [-0.3, -0.25) is 10.1 Å². The maximum absolute atomic E-state index is 12.0. The van der Waals surface area contributed by atoms with Gasteiger partial charge in [0.25, 0.3) is 0 Å². The maximum Gasteiger partial charge on any atom is 0.433 e. The van der Waals surface area contributed by atoms with Gasteiger partial charge in [-0.25, -0.2) is 0 Å². The van der Waals surface area contributed by atoms with Crippen LogP contribution in [0.2, 0.25) is 0 Å². The third kappa shape index (κ3) is 1.78. The Hall–Kier alpha value is -2.89. The van der Waals surface area contributed by atoms with E-state index < -0.39 is 4.92 Å². The Balaban J connectivity index is 2.30. The molecule has 1 aromatic carbocycles. The van der Waals surface area contributed by atoms with Gasteiger partial charge in [0, 0.05) is 24.6 Å². The standard InChI is InChI=1S/C14H10N2O4/c1-9-8-11(13-6-7-14(20-13)16(18)19)10-4-2-3-5-12(10)15(9)17/h2-8H,1H3. The SMILES string of the molecule is Cc1cc(-c2ccc([N+](=O)[O-])o2)c2ccccc2[n+]1[O-]. The minimum atomic E-state index is -0.588. The zero-order valence-electron chi connectivity index (χ0n) is 10.6. The molecule has 0 aliphatic rings. The van der Waals surface area contributed by atoms with Gasteiger partial charge in [-0.05, 0) is 12.1 Å². The van der Waals surface area contributed by atoms with E-state index in [4.69, 9.17) is 4.42 Å². The molecule has 0 N–H and O–H groups in total. The van der Waals surface area contributed by atoms with Gasteiger partial charge in [0.05, 0.1) is 11.5 Å². The second-order valence-electron chi connectivity index (χ2n) is 4.41. The Kier molecular flexibility index (Phi) is 2.64. The molecule has 0 saturated heterocycles. The number of nitro groups is 1. The van der Waals surface area contributed by atoms with Crippen LogP contribution in [0, 0.1) is 22.2 Å². The molecule has 0 fully saturated rings. The first-order valence-corrected chi connectivity index (χ1v) is 5.94. The number of hydrogen-bond acceptors (Lipinski definition) is 4. The molecule has 0 radical (unpaired) electrons. The van der Waals surface area contributed by atoms with Crippen LogP contribution in [0.5, 0.6) is 0 Å². The van der Waals surface area contributed by atoms with Crippen molar-refractivity contribution in [2.45, 2.75) is 6.92 Å². The number of hydrogen-bond donors (Lipinski definition) is 0. The van der Waals surface area contributed by atoms with Gasteiger partial charge in [-0.15, -0.1) is 0 Å². The van der Waals surface area contributed by atoms with Crippen molar-refractivity contribution < 1.29 is 14.1 Å². The summed E-state index contributed by atoms with van der Waals surface area (Å²) in [6.07, 6.45) is 0. The Morgan fingerprint density at radius 1 is 1.20 bits per heavy atom. The van der Waals surface area contributed by atoms with Gasteiger partial charge in [0.15, 0.2) is 5.69 Å². The van der Waals surface area contributed by atoms with Crippen molar-refractivity contribution >= 4 is 16.8 Å². The number of pyridine rings is 1. The monoisotopic (exact) mass is 270 g/mol. The molecule has 0 atom stereocenters. The lowest BCUT2D eigenvalue weighted by Gasteiger charge is -2.08. The van der Waals surface area contributed by atoms with Gasteiger partial charge in [0.1, 0.15) is 10.7 Å². The van der Waals surface area contributed by atoms with Crippen molar-refractivity contribution in [3.63, 3.8) is 0 Å². The summed E-state index contributed by atoms with van der Waals surface area (Å²) in [7, 11) is 0. The number of benzene rings is 1. The fraction of sp³-hybridized carbons (Fsp3) is 0.0714. The van der Waals surface area contributed by atoms with Crippen LogP contribution in [-0.4, -0.2) is 4.92 Å². The molecule has 6 nitrogen and oxygen atoms in total. The highest BCUT2D eigenvalue weighted by Gasteiger charge is 2.18. The van der Waals surface area contributed by atoms with E-state index in [9.17, 15) is 15.3 Å². The lowest BCUT2D eigenvalue weighted by Crippen LogP contribution is -2.30. The van der Waals surface area contributed by atoms with Crippen molar-refractivity contribution in [1.82, 2.24) is 0 Å². The summed E-state index contributed by atoms with van der Waals surface area (Å²) < 4.78 is 6.05. The molecule has 0 saturated carbocycles. The molecular formula is C14H10N2O4. The summed E-state index contributed by atoms with van der Waals surface area (Å²) in [6, 6.07) is 11.6. The van der Waals surface area contributed by atoms with Crippen molar-refractivity contribution in [3.05, 3.63) is 63.5 Å². The minimum Gasteiger partial charge on any atom is -0.618 e. The predicted molar refractivity (Wildman–Crippen MR) is 72.0 cm³/mol. The van der Waals surface area contributed by atoms with E-state index in [-0.39, 0.29) is 5.88 Å². The Morgan fingerprint density at radius 3 is 2.65 bits per heavy atom. The zero-order valence-corrected chi connectivity index (χ0v) is 10.6. The lowest BCUT2D eigenvalue weighted by molar-refractivity contribution is -0.584. The zero-order chi connectivity index (χ0) is 14.3. The lowest BCUT2D eigenvalue weighted by atomic mass is 10.1. The first-order chi connectivity index (χ1) is 9.58. The summed E-state index contributed by atoms with van der Waals surface area (Å²) in [5.41, 5.74) is 1.66. The van der Waals surface area contributed by atoms with E-state index in [2.05, 4.69) is 0 Å². The van der Waals surface area contributed by atoms with E-state index in [0.717, 1.165) is 4.73 Å². The third-order valence-electron chi connectivity index (χ3n) is 3.12. The largest absolute Gasteiger partial charge is 0.618 e. The smallest absolute Gasteiger partial charge is 0.433 e. The van der Waals surface area contributed by atoms with Gasteiger partial charge in [0.2, 0.25) is 5.52 Å². The first-order valence-electron chi connectivity index (χ1n) is 5.94. The summed E-state index contributed by atoms with van der Waals surface area (Å²) in [5.74, 6) is 0.0530. The van der Waals surface area contributed by atoms with Crippen LogP contribution in [0.4, 0.5) is 5.88 Å². The fourth-order valence-electron chi connectivity index (χ4n) is 2.19. The Morgan fingerprint density at radius 2 is 1.95 bits per heavy atom. The molecule has 0 aliphatic carbocycles. The van der Waals surface area contributed by atoms with Gasteiger partial charge >= 0.3 is 5.88 Å². The van der Waals surface area contributed by atoms with Crippen LogP contribution in [0.25, 0.3) is 22.2 Å². The van der Waals surface area contributed by atoms with E-state index in [1.165, 1.54) is 12.1 Å². The Bertz CT molecular complexity index is 823. The number of rotatable bonds is 2. The molecule has 0 unspecified atom stereocenters. The molecule has 0 bridgehead atoms. The maximum atomic E-state index is 12.0. The van der Waals surface area contributed by atoms with E-state index in [0.29, 0.717) is 27.9 Å². The van der Waals surface area contributed by atoms with Crippen molar-refractivity contribution in [2.75, 3.05) is 0 Å². The highest BCUT2D eigenvalue weighted by molar-refractivity contribution is 5.91. The number of furan rings is 1. The summed E-state index contributed by atoms with van der Waals surface area (Å²) in [5, 5.41) is 23.4. The number of fused-ring (bicyclic) bond motifs is 1. The number of para-hydroxylation sites is 1. The highest BCUT2D eigenvalue weighted by atomic mass is 16.6. The second kappa shape index (κ2) is 4.34. The Labute approximate surface area is 113 Å². The predicted octanol–water partition coefficient (Wildman–Crippen LogP) is 2.95. The molecule has 20 heavy (non-hydrogen) atoms. The molecule has 0 amide bonds. The van der Waals surface area contributed by atoms with Crippen LogP contribution in [0.1, 0.15) is 5.69 Å². The summed E-state index contributed by atoms with van der Waals surface area (Å²) >= 11 is 0. The normalized spacial score (nSPS) is 10.8. The molecule has 0 spiro atoms. The minimum absolute atomic E-state index is 0.319. The van der Waals surface area contributed by atoms with Crippen LogP contribution in [0.15, 0.2) is 46.9 Å². The highest BCUT2D eigenvalue weighted by Crippen LogP contribution is 2.31. The average Bonchev–Trinajstić information content (AvgIpc) is 2.93. The molecule has 6 heteroatoms.